The summed E-state index contributed by atoms with van der Waals surface area (Å²) in [5.74, 6) is 1.24. The van der Waals surface area contributed by atoms with Crippen LogP contribution in [0.25, 0.3) is 0 Å². The first kappa shape index (κ1) is 26.1. The minimum atomic E-state index is -0.599. The van der Waals surface area contributed by atoms with Crippen LogP contribution in [-0.4, -0.2) is 28.7 Å². The summed E-state index contributed by atoms with van der Waals surface area (Å²) < 4.78 is 0. The Morgan fingerprint density at radius 2 is 1.26 bits per heavy atom. The zero-order chi connectivity index (χ0) is 24.7. The molecule has 0 aliphatic heterocycles. The molecular formula is C24H27Cl3N4O3. The van der Waals surface area contributed by atoms with Crippen molar-refractivity contribution in [3.8, 4) is 0 Å². The lowest BCUT2D eigenvalue weighted by Gasteiger charge is -2.34. The van der Waals surface area contributed by atoms with E-state index in [0.717, 1.165) is 35.7 Å². The Kier molecular flexibility index (Phi) is 9.45. The number of hydrogen-bond donors (Lipinski definition) is 3. The number of amidine groups is 2. The average Bonchev–Trinajstić information content (AvgIpc) is 2.78. The van der Waals surface area contributed by atoms with Gasteiger partial charge >= 0.3 is 5.97 Å². The molecule has 0 aromatic heterocycles. The summed E-state index contributed by atoms with van der Waals surface area (Å²) in [4.78, 5) is 15.4. The average molecular weight is 526 g/mol. The van der Waals surface area contributed by atoms with Crippen molar-refractivity contribution in [1.29, 1.82) is 0 Å². The van der Waals surface area contributed by atoms with Crippen molar-refractivity contribution in [2.75, 3.05) is 5.88 Å². The minimum absolute atomic E-state index is 0.156. The summed E-state index contributed by atoms with van der Waals surface area (Å²) in [6.07, 6.45) is 3.71. The van der Waals surface area contributed by atoms with Crippen LogP contribution in [0.5, 0.6) is 0 Å². The van der Waals surface area contributed by atoms with Gasteiger partial charge in [0.05, 0.1) is 0 Å². The Balaban J connectivity index is 0.000000196. The van der Waals surface area contributed by atoms with Gasteiger partial charge in [-0.2, -0.15) is 0 Å². The third-order valence-electron chi connectivity index (χ3n) is 6.27. The number of nitrogens with zero attached hydrogens (tertiary/aromatic N) is 2. The van der Waals surface area contributed by atoms with Crippen LogP contribution in [0, 0.1) is 11.8 Å². The molecule has 7 nitrogen and oxygen atoms in total. The molecule has 0 spiro atoms. The number of nitrogens with two attached hydrogens (primary N) is 2. The first-order chi connectivity index (χ1) is 16.3. The van der Waals surface area contributed by atoms with Gasteiger partial charge in [-0.25, -0.2) is 4.79 Å². The molecule has 2 aliphatic rings. The Morgan fingerprint density at radius 3 is 1.65 bits per heavy atom. The van der Waals surface area contributed by atoms with E-state index in [1.54, 1.807) is 0 Å². The van der Waals surface area contributed by atoms with Crippen molar-refractivity contribution < 1.29 is 14.8 Å². The molecule has 0 bridgehead atoms. The quantitative estimate of drug-likeness (QED) is 0.115. The highest BCUT2D eigenvalue weighted by Crippen LogP contribution is 2.42. The lowest BCUT2D eigenvalue weighted by atomic mass is 9.71. The van der Waals surface area contributed by atoms with Gasteiger partial charge in [-0.05, 0) is 72.9 Å². The maximum Gasteiger partial charge on any atom is 0.349 e. The number of rotatable bonds is 6. The summed E-state index contributed by atoms with van der Waals surface area (Å²) in [6, 6.07) is 15.7. The second-order valence-corrected chi connectivity index (χ2v) is 9.61. The zero-order valence-electron chi connectivity index (χ0n) is 18.4. The van der Waals surface area contributed by atoms with Crippen molar-refractivity contribution in [3.63, 3.8) is 0 Å². The van der Waals surface area contributed by atoms with Gasteiger partial charge in [0.1, 0.15) is 17.6 Å². The van der Waals surface area contributed by atoms with Crippen LogP contribution < -0.4 is 11.5 Å². The standard InChI is InChI=1S/C13H14Cl2N2O2.C11H13ClN2O/c14-7-12(18)19-17-13(16)10-5-9(6-10)8-1-3-11(15)4-2-8;12-10-3-1-7(2-4-10)8-5-9(6-8)11(13)14-15/h1-4,9-10H,5-7H2,(H2,16,17);1-4,8-9,15H,5-6H2,(H2,13,14). The fourth-order valence-corrected chi connectivity index (χ4v) is 4.32. The van der Waals surface area contributed by atoms with E-state index in [1.165, 1.54) is 11.1 Å². The number of carbonyl (C=O) groups is 1. The molecule has 34 heavy (non-hydrogen) atoms. The normalized spacial score (nSPS) is 24.2. The first-order valence-electron chi connectivity index (χ1n) is 10.9. The second kappa shape index (κ2) is 12.3. The third kappa shape index (κ3) is 7.01. The molecule has 0 heterocycles. The van der Waals surface area contributed by atoms with Gasteiger partial charge < -0.3 is 21.5 Å². The molecule has 0 radical (unpaired) electrons. The van der Waals surface area contributed by atoms with E-state index in [4.69, 9.17) is 51.5 Å². The first-order valence-corrected chi connectivity index (χ1v) is 12.2. The number of hydrogen-bond acceptors (Lipinski definition) is 5. The van der Waals surface area contributed by atoms with Crippen LogP contribution in [0.4, 0.5) is 0 Å². The summed E-state index contributed by atoms with van der Waals surface area (Å²) in [5.41, 5.74) is 13.8. The van der Waals surface area contributed by atoms with Crippen molar-refractivity contribution in [1.82, 2.24) is 0 Å². The summed E-state index contributed by atoms with van der Waals surface area (Å²) in [6.45, 7) is 0. The van der Waals surface area contributed by atoms with Crippen LogP contribution in [0.3, 0.4) is 0 Å². The van der Waals surface area contributed by atoms with Crippen LogP contribution in [0.15, 0.2) is 58.8 Å². The smallest absolute Gasteiger partial charge is 0.349 e. The van der Waals surface area contributed by atoms with Crippen LogP contribution in [-0.2, 0) is 9.63 Å². The molecule has 0 unspecified atom stereocenters. The van der Waals surface area contributed by atoms with Crippen molar-refractivity contribution in [2.24, 2.45) is 33.6 Å². The number of alkyl halides is 1. The van der Waals surface area contributed by atoms with Crippen LogP contribution >= 0.6 is 34.8 Å². The molecular weight excluding hydrogens is 499 g/mol. The largest absolute Gasteiger partial charge is 0.409 e. The molecule has 2 aromatic carbocycles. The summed E-state index contributed by atoms with van der Waals surface area (Å²) in [7, 11) is 0. The summed E-state index contributed by atoms with van der Waals surface area (Å²) >= 11 is 16.9. The summed E-state index contributed by atoms with van der Waals surface area (Å²) in [5, 5.41) is 16.6. The van der Waals surface area contributed by atoms with Gasteiger partial charge in [0.2, 0.25) is 0 Å². The molecule has 4 rings (SSSR count). The highest BCUT2D eigenvalue weighted by molar-refractivity contribution is 6.30. The van der Waals surface area contributed by atoms with E-state index < -0.39 is 5.97 Å². The van der Waals surface area contributed by atoms with E-state index in [9.17, 15) is 4.79 Å². The number of benzene rings is 2. The Labute approximate surface area is 213 Å². The number of oxime groups is 2. The molecule has 2 aromatic rings. The lowest BCUT2D eigenvalue weighted by molar-refractivity contribution is -0.140. The van der Waals surface area contributed by atoms with Gasteiger partial charge in [-0.1, -0.05) is 57.8 Å². The fourth-order valence-electron chi connectivity index (χ4n) is 4.02. The van der Waals surface area contributed by atoms with E-state index in [1.807, 2.05) is 48.5 Å². The maximum atomic E-state index is 10.8. The maximum absolute atomic E-state index is 10.8. The van der Waals surface area contributed by atoms with Gasteiger partial charge in [0.25, 0.3) is 0 Å². The third-order valence-corrected chi connectivity index (χ3v) is 7.00. The number of halogens is 3. The van der Waals surface area contributed by atoms with E-state index in [0.29, 0.717) is 23.5 Å². The monoisotopic (exact) mass is 524 g/mol. The molecule has 2 aliphatic carbocycles. The molecule has 0 amide bonds. The second-order valence-electron chi connectivity index (χ2n) is 8.47. The van der Waals surface area contributed by atoms with E-state index >= 15 is 0 Å². The van der Waals surface area contributed by atoms with Crippen molar-refractivity contribution >= 4 is 52.4 Å². The molecule has 0 saturated heterocycles. The minimum Gasteiger partial charge on any atom is -0.409 e. The highest BCUT2D eigenvalue weighted by atomic mass is 35.5. The molecule has 182 valence electrons. The molecule has 0 atom stereocenters. The lowest BCUT2D eigenvalue weighted by Crippen LogP contribution is -2.34. The van der Waals surface area contributed by atoms with Gasteiger partial charge in [0, 0.05) is 21.9 Å². The molecule has 2 saturated carbocycles. The van der Waals surface area contributed by atoms with Crippen molar-refractivity contribution in [3.05, 3.63) is 69.7 Å². The van der Waals surface area contributed by atoms with Gasteiger partial charge in [-0.15, -0.1) is 11.6 Å². The van der Waals surface area contributed by atoms with Gasteiger partial charge in [0.15, 0.2) is 0 Å². The van der Waals surface area contributed by atoms with Crippen molar-refractivity contribution in [2.45, 2.75) is 37.5 Å². The van der Waals surface area contributed by atoms with Crippen LogP contribution in [0.1, 0.15) is 48.6 Å². The molecule has 5 N–H and O–H groups in total. The fraction of sp³-hybridized carbons (Fsp3) is 0.375. The highest BCUT2D eigenvalue weighted by Gasteiger charge is 2.34. The Hall–Kier alpha value is -2.48. The Morgan fingerprint density at radius 1 is 0.853 bits per heavy atom. The molecule has 2 fully saturated rings. The SMILES string of the molecule is N/C(=N\O)C1CC(c2ccc(Cl)cc2)C1.N/C(=N\OC(=O)CCl)C1CC(c2ccc(Cl)cc2)C1. The van der Waals surface area contributed by atoms with Gasteiger partial charge in [-0.3, -0.25) is 0 Å². The predicted molar refractivity (Wildman–Crippen MR) is 136 cm³/mol. The van der Waals surface area contributed by atoms with Crippen LogP contribution in [0.2, 0.25) is 10.0 Å². The number of carbonyl (C=O) groups excluding carboxylic acids is 1. The predicted octanol–water partition coefficient (Wildman–Crippen LogP) is 5.47. The topological polar surface area (TPSA) is 123 Å². The van der Waals surface area contributed by atoms with E-state index in [-0.39, 0.29) is 17.7 Å². The molecule has 10 heteroatoms. The Bertz CT molecular complexity index is 1020. The zero-order valence-corrected chi connectivity index (χ0v) is 20.7. The van der Waals surface area contributed by atoms with E-state index in [2.05, 4.69) is 15.1 Å².